The second kappa shape index (κ2) is 8.36. The predicted molar refractivity (Wildman–Crippen MR) is 114 cm³/mol. The molecule has 0 aliphatic heterocycles. The van der Waals surface area contributed by atoms with Crippen molar-refractivity contribution in [3.05, 3.63) is 81.7 Å². The van der Waals surface area contributed by atoms with Gasteiger partial charge in [-0.1, -0.05) is 36.0 Å². The fraction of sp³-hybridized carbons (Fsp3) is 0.130. The highest BCUT2D eigenvalue weighted by molar-refractivity contribution is 6.00. The molecule has 2 aromatic rings. The number of rotatable bonds is 5. The molecular formula is C23H19N3O3. The van der Waals surface area contributed by atoms with Crippen molar-refractivity contribution >= 4 is 34.2 Å². The minimum Gasteiger partial charge on any atom is -0.357 e. The quantitative estimate of drug-likeness (QED) is 0.473. The first kappa shape index (κ1) is 19.8. The number of ketones is 1. The van der Waals surface area contributed by atoms with Crippen LogP contribution in [-0.4, -0.2) is 17.0 Å². The molecule has 0 amide bonds. The van der Waals surface area contributed by atoms with E-state index < -0.39 is 0 Å². The number of aromatic amines is 1. The Labute approximate surface area is 167 Å². The molecule has 1 aromatic carbocycles. The third-order valence-corrected chi connectivity index (χ3v) is 4.52. The maximum atomic E-state index is 12.9. The van der Waals surface area contributed by atoms with E-state index >= 15 is 0 Å². The van der Waals surface area contributed by atoms with Gasteiger partial charge in [0.05, 0.1) is 17.2 Å². The number of oxime groups is 1. The number of nitrogens with one attached hydrogen (secondary N) is 1. The summed E-state index contributed by atoms with van der Waals surface area (Å²) in [5, 5.41) is 13.7. The average molecular weight is 385 g/mol. The van der Waals surface area contributed by atoms with Crippen LogP contribution in [0.15, 0.2) is 64.6 Å². The molecule has 0 unspecified atom stereocenters. The van der Waals surface area contributed by atoms with Crippen molar-refractivity contribution in [3.8, 4) is 6.07 Å². The van der Waals surface area contributed by atoms with Gasteiger partial charge in [0, 0.05) is 28.3 Å². The fourth-order valence-electron chi connectivity index (χ4n) is 3.17. The van der Waals surface area contributed by atoms with Gasteiger partial charge in [-0.15, -0.1) is 0 Å². The van der Waals surface area contributed by atoms with Gasteiger partial charge in [-0.25, -0.2) is 0 Å². The summed E-state index contributed by atoms with van der Waals surface area (Å²) >= 11 is 0. The monoisotopic (exact) mass is 385 g/mol. The van der Waals surface area contributed by atoms with Crippen molar-refractivity contribution in [2.45, 2.75) is 20.3 Å². The number of nitrogens with zero attached hydrogens (tertiary/aromatic N) is 2. The molecule has 0 bridgehead atoms. The van der Waals surface area contributed by atoms with Crippen LogP contribution in [0.4, 0.5) is 0 Å². The Morgan fingerprint density at radius 1 is 1.38 bits per heavy atom. The number of nitriles is 1. The average Bonchev–Trinajstić information content (AvgIpc) is 2.97. The van der Waals surface area contributed by atoms with Gasteiger partial charge in [0.15, 0.2) is 11.5 Å². The lowest BCUT2D eigenvalue weighted by atomic mass is 9.92. The smallest absolute Gasteiger partial charge is 0.260 e. The molecule has 0 spiro atoms. The zero-order valence-electron chi connectivity index (χ0n) is 16.2. The summed E-state index contributed by atoms with van der Waals surface area (Å²) < 4.78 is 0. The van der Waals surface area contributed by atoms with Crippen LogP contribution in [0.1, 0.15) is 37.0 Å². The topological polar surface area (TPSA) is 95.3 Å². The van der Waals surface area contributed by atoms with Gasteiger partial charge in [0.25, 0.3) is 5.56 Å². The van der Waals surface area contributed by atoms with Gasteiger partial charge in [0.2, 0.25) is 0 Å². The molecular weight excluding hydrogens is 366 g/mol. The van der Waals surface area contributed by atoms with E-state index in [1.54, 1.807) is 37.3 Å². The molecule has 0 saturated heterocycles. The molecule has 1 N–H and O–H groups in total. The molecule has 29 heavy (non-hydrogen) atoms. The first-order valence-electron chi connectivity index (χ1n) is 8.99. The highest BCUT2D eigenvalue weighted by Gasteiger charge is 2.20. The van der Waals surface area contributed by atoms with E-state index in [1.807, 2.05) is 12.2 Å². The number of fused-ring (bicyclic) bond motifs is 1. The Balaban J connectivity index is 2.36. The maximum Gasteiger partial charge on any atom is 0.260 e. The standard InChI is InChI=1S/C23H19N3O3/c1-4-25-29-15(3)21-22(18-7-5-6-17(9-10-18)14(2)27)19-12-16(13-24)8-11-20(19)26-23(21)28/h4-6,8-12H,3,7H2,1-2H3,(H,26,28)/b25-4+. The number of H-pyrrole nitrogens is 1. The molecule has 0 radical (unpaired) electrons. The van der Waals surface area contributed by atoms with Crippen LogP contribution in [0, 0.1) is 11.3 Å². The van der Waals surface area contributed by atoms with Gasteiger partial charge in [-0.3, -0.25) is 9.59 Å². The van der Waals surface area contributed by atoms with Crippen LogP contribution >= 0.6 is 0 Å². The molecule has 3 rings (SSSR count). The molecule has 0 saturated carbocycles. The van der Waals surface area contributed by atoms with Crippen molar-refractivity contribution in [1.29, 1.82) is 5.26 Å². The van der Waals surface area contributed by atoms with E-state index in [2.05, 4.69) is 22.8 Å². The summed E-state index contributed by atoms with van der Waals surface area (Å²) in [5.41, 5.74) is 2.87. The molecule has 1 aliphatic rings. The van der Waals surface area contributed by atoms with Crippen LogP contribution in [-0.2, 0) is 9.63 Å². The summed E-state index contributed by atoms with van der Waals surface area (Å²) in [4.78, 5) is 32.7. The lowest BCUT2D eigenvalue weighted by Crippen LogP contribution is -2.16. The molecule has 0 atom stereocenters. The van der Waals surface area contributed by atoms with Gasteiger partial charge in [0.1, 0.15) is 0 Å². The van der Waals surface area contributed by atoms with Crippen molar-refractivity contribution in [1.82, 2.24) is 4.98 Å². The number of carbonyl (C=O) groups is 1. The minimum absolute atomic E-state index is 0.0495. The lowest BCUT2D eigenvalue weighted by molar-refractivity contribution is -0.113. The normalized spacial score (nSPS) is 13.6. The second-order valence-corrected chi connectivity index (χ2v) is 6.43. The zero-order valence-corrected chi connectivity index (χ0v) is 16.2. The Hall–Kier alpha value is -3.98. The number of aromatic nitrogens is 1. The molecule has 144 valence electrons. The van der Waals surface area contributed by atoms with Crippen LogP contribution in [0.25, 0.3) is 22.2 Å². The molecule has 1 aliphatic carbocycles. The maximum absolute atomic E-state index is 12.9. The van der Waals surface area contributed by atoms with E-state index in [1.165, 1.54) is 13.1 Å². The predicted octanol–water partition coefficient (Wildman–Crippen LogP) is 4.25. The zero-order chi connectivity index (χ0) is 21.0. The Kier molecular flexibility index (Phi) is 5.70. The first-order valence-corrected chi connectivity index (χ1v) is 8.99. The van der Waals surface area contributed by atoms with E-state index in [-0.39, 0.29) is 22.7 Å². The molecule has 6 nitrogen and oxygen atoms in total. The SMILES string of the molecule is C=C(O/N=C/C)c1c(C2=CC=C(C(C)=O)C=CC2)c2cc(C#N)ccc2[nH]c1=O. The highest BCUT2D eigenvalue weighted by Crippen LogP contribution is 2.33. The second-order valence-electron chi connectivity index (χ2n) is 6.43. The molecule has 1 aromatic heterocycles. The largest absolute Gasteiger partial charge is 0.357 e. The summed E-state index contributed by atoms with van der Waals surface area (Å²) in [6.45, 7) is 7.04. The van der Waals surface area contributed by atoms with Gasteiger partial charge >= 0.3 is 0 Å². The third-order valence-electron chi connectivity index (χ3n) is 4.52. The van der Waals surface area contributed by atoms with Crippen molar-refractivity contribution in [3.63, 3.8) is 0 Å². The van der Waals surface area contributed by atoms with Crippen molar-refractivity contribution in [2.24, 2.45) is 5.16 Å². The highest BCUT2D eigenvalue weighted by atomic mass is 16.6. The van der Waals surface area contributed by atoms with Crippen LogP contribution < -0.4 is 5.56 Å². The summed E-state index contributed by atoms with van der Waals surface area (Å²) in [7, 11) is 0. The third kappa shape index (κ3) is 3.99. The lowest BCUT2D eigenvalue weighted by Gasteiger charge is -2.15. The van der Waals surface area contributed by atoms with Crippen LogP contribution in [0.2, 0.25) is 0 Å². The van der Waals surface area contributed by atoms with Crippen molar-refractivity contribution in [2.75, 3.05) is 0 Å². The number of Topliss-reactive ketones (excluding diaryl/α,β-unsaturated/α-hetero) is 1. The van der Waals surface area contributed by atoms with Gasteiger partial charge in [-0.05, 0) is 44.0 Å². The molecule has 6 heteroatoms. The molecule has 1 heterocycles. The van der Waals surface area contributed by atoms with Gasteiger partial charge in [-0.2, -0.15) is 5.26 Å². The number of benzene rings is 1. The number of allylic oxidation sites excluding steroid dienone is 6. The Morgan fingerprint density at radius 2 is 2.17 bits per heavy atom. The Morgan fingerprint density at radius 3 is 2.86 bits per heavy atom. The van der Waals surface area contributed by atoms with E-state index in [4.69, 9.17) is 4.84 Å². The van der Waals surface area contributed by atoms with Crippen molar-refractivity contribution < 1.29 is 9.63 Å². The summed E-state index contributed by atoms with van der Waals surface area (Å²) in [6, 6.07) is 7.17. The molecule has 0 fully saturated rings. The first-order chi connectivity index (χ1) is 14.0. The number of pyridine rings is 1. The van der Waals surface area contributed by atoms with Crippen LogP contribution in [0.3, 0.4) is 0 Å². The summed E-state index contributed by atoms with van der Waals surface area (Å²) in [6.07, 6.45) is 9.09. The van der Waals surface area contributed by atoms with Crippen LogP contribution in [0.5, 0.6) is 0 Å². The van der Waals surface area contributed by atoms with E-state index in [0.717, 1.165) is 5.57 Å². The Bertz CT molecular complexity index is 1230. The summed E-state index contributed by atoms with van der Waals surface area (Å²) in [5.74, 6) is 0.0417. The number of hydrogen-bond donors (Lipinski definition) is 1. The fourth-order valence-corrected chi connectivity index (χ4v) is 3.17. The van der Waals surface area contributed by atoms with E-state index in [9.17, 15) is 14.9 Å². The minimum atomic E-state index is -0.376. The number of hydrogen-bond acceptors (Lipinski definition) is 5. The number of carbonyl (C=O) groups excluding carboxylic acids is 1. The van der Waals surface area contributed by atoms with Gasteiger partial charge < -0.3 is 9.82 Å². The van der Waals surface area contributed by atoms with E-state index in [0.29, 0.717) is 34.0 Å².